The summed E-state index contributed by atoms with van der Waals surface area (Å²) < 4.78 is 5.57. The molecule has 1 amide bonds. The second kappa shape index (κ2) is 4.95. The molecular formula is C11H10N2O3S. The highest BCUT2D eigenvalue weighted by atomic mass is 32.1. The van der Waals surface area contributed by atoms with Crippen molar-refractivity contribution in [2.45, 2.75) is 6.10 Å². The predicted molar refractivity (Wildman–Crippen MR) is 65.1 cm³/mol. The number of likely N-dealkylation sites (tertiary alicyclic amines) is 1. The van der Waals surface area contributed by atoms with Gasteiger partial charge in [-0.2, -0.15) is 4.99 Å². The number of rotatable bonds is 3. The molecule has 6 heteroatoms. The summed E-state index contributed by atoms with van der Waals surface area (Å²) in [4.78, 5) is 15.7. The summed E-state index contributed by atoms with van der Waals surface area (Å²) in [5, 5.41) is 10.9. The highest BCUT2D eigenvalue weighted by Crippen LogP contribution is 2.21. The lowest BCUT2D eigenvalue weighted by Crippen LogP contribution is -2.55. The molecular weight excluding hydrogens is 240 g/mol. The van der Waals surface area contributed by atoms with Crippen molar-refractivity contribution >= 4 is 29.2 Å². The van der Waals surface area contributed by atoms with Crippen molar-refractivity contribution in [2.24, 2.45) is 4.99 Å². The molecule has 88 valence electrons. The van der Waals surface area contributed by atoms with Crippen LogP contribution in [0.3, 0.4) is 0 Å². The molecule has 1 saturated heterocycles. The van der Waals surface area contributed by atoms with E-state index in [1.807, 2.05) is 0 Å². The fourth-order valence-electron chi connectivity index (χ4n) is 1.51. The van der Waals surface area contributed by atoms with Gasteiger partial charge in [0.25, 0.3) is 0 Å². The van der Waals surface area contributed by atoms with Gasteiger partial charge in [0, 0.05) is 0 Å². The molecule has 1 fully saturated rings. The van der Waals surface area contributed by atoms with Gasteiger partial charge in [-0.25, -0.2) is 4.79 Å². The number of isothiocyanates is 1. The van der Waals surface area contributed by atoms with E-state index < -0.39 is 6.09 Å². The van der Waals surface area contributed by atoms with Crippen LogP contribution in [-0.2, 0) is 0 Å². The monoisotopic (exact) mass is 250 g/mol. The Hall–Kier alpha value is -1.91. The van der Waals surface area contributed by atoms with Crippen molar-refractivity contribution in [3.8, 4) is 5.75 Å². The van der Waals surface area contributed by atoms with E-state index in [4.69, 9.17) is 9.84 Å². The first-order valence-electron chi connectivity index (χ1n) is 5.01. The van der Waals surface area contributed by atoms with Crippen molar-refractivity contribution in [1.29, 1.82) is 0 Å². The van der Waals surface area contributed by atoms with Crippen LogP contribution in [-0.4, -0.2) is 40.5 Å². The van der Waals surface area contributed by atoms with Gasteiger partial charge >= 0.3 is 6.09 Å². The zero-order chi connectivity index (χ0) is 12.3. The SMILES string of the molecule is O=C(O)N1CC(Oc2ccc(N=C=S)cc2)C1. The van der Waals surface area contributed by atoms with Gasteiger partial charge in [0.05, 0.1) is 23.9 Å². The minimum absolute atomic E-state index is 0.0639. The molecule has 0 atom stereocenters. The van der Waals surface area contributed by atoms with Gasteiger partial charge in [0.15, 0.2) is 0 Å². The zero-order valence-electron chi connectivity index (χ0n) is 8.87. The maximum Gasteiger partial charge on any atom is 0.407 e. The molecule has 1 aliphatic heterocycles. The van der Waals surface area contributed by atoms with E-state index in [1.165, 1.54) is 4.90 Å². The molecule has 1 aromatic rings. The number of hydrogen-bond acceptors (Lipinski definition) is 4. The average molecular weight is 250 g/mol. The Kier molecular flexibility index (Phi) is 3.37. The second-order valence-corrected chi connectivity index (χ2v) is 3.81. The molecule has 5 nitrogen and oxygen atoms in total. The molecule has 0 aromatic heterocycles. The number of carbonyl (C=O) groups is 1. The molecule has 0 spiro atoms. The Morgan fingerprint density at radius 1 is 1.47 bits per heavy atom. The third kappa shape index (κ3) is 2.81. The number of amides is 1. The van der Waals surface area contributed by atoms with Gasteiger partial charge in [-0.05, 0) is 36.5 Å². The summed E-state index contributed by atoms with van der Waals surface area (Å²) in [5.74, 6) is 0.698. The Bertz CT molecular complexity index is 462. The number of aliphatic imine (C=N–C) groups is 1. The first-order valence-corrected chi connectivity index (χ1v) is 5.42. The number of benzene rings is 1. The van der Waals surface area contributed by atoms with Crippen molar-refractivity contribution < 1.29 is 14.6 Å². The molecule has 17 heavy (non-hydrogen) atoms. The largest absolute Gasteiger partial charge is 0.487 e. The average Bonchev–Trinajstić information content (AvgIpc) is 2.25. The van der Waals surface area contributed by atoms with Crippen LogP contribution in [0.15, 0.2) is 29.3 Å². The van der Waals surface area contributed by atoms with Crippen LogP contribution < -0.4 is 4.74 Å². The van der Waals surface area contributed by atoms with E-state index in [1.54, 1.807) is 24.3 Å². The fourth-order valence-corrected chi connectivity index (χ4v) is 1.62. The van der Waals surface area contributed by atoms with Gasteiger partial charge in [0.1, 0.15) is 11.9 Å². The lowest BCUT2D eigenvalue weighted by atomic mass is 10.2. The minimum Gasteiger partial charge on any atom is -0.487 e. The highest BCUT2D eigenvalue weighted by Gasteiger charge is 2.31. The van der Waals surface area contributed by atoms with E-state index in [2.05, 4.69) is 22.4 Å². The summed E-state index contributed by atoms with van der Waals surface area (Å²) in [7, 11) is 0. The number of nitrogens with zero attached hydrogens (tertiary/aromatic N) is 2. The zero-order valence-corrected chi connectivity index (χ0v) is 9.68. The molecule has 1 aromatic carbocycles. The van der Waals surface area contributed by atoms with Gasteiger partial charge in [-0.1, -0.05) is 0 Å². The van der Waals surface area contributed by atoms with Crippen LogP contribution in [0.4, 0.5) is 10.5 Å². The van der Waals surface area contributed by atoms with Crippen molar-refractivity contribution in [3.63, 3.8) is 0 Å². The van der Waals surface area contributed by atoms with Crippen LogP contribution in [0.1, 0.15) is 0 Å². The summed E-state index contributed by atoms with van der Waals surface area (Å²) in [5.41, 5.74) is 0.716. The predicted octanol–water partition coefficient (Wildman–Crippen LogP) is 2.16. The van der Waals surface area contributed by atoms with Gasteiger partial charge in [0.2, 0.25) is 0 Å². The van der Waals surface area contributed by atoms with Crippen molar-refractivity contribution in [3.05, 3.63) is 24.3 Å². The summed E-state index contributed by atoms with van der Waals surface area (Å²) in [6.45, 7) is 0.824. The Labute approximate surface area is 103 Å². The maximum absolute atomic E-state index is 10.5. The van der Waals surface area contributed by atoms with Crippen LogP contribution in [0.25, 0.3) is 0 Å². The molecule has 1 N–H and O–H groups in total. The first kappa shape index (κ1) is 11.6. The summed E-state index contributed by atoms with van der Waals surface area (Å²) in [6, 6.07) is 7.08. The number of thiocarbonyl (C=S) groups is 1. The molecule has 0 radical (unpaired) electrons. The van der Waals surface area contributed by atoms with Crippen LogP contribution in [0.2, 0.25) is 0 Å². The minimum atomic E-state index is -0.907. The summed E-state index contributed by atoms with van der Waals surface area (Å²) in [6.07, 6.45) is -0.971. The van der Waals surface area contributed by atoms with E-state index in [9.17, 15) is 4.79 Å². The molecule has 1 heterocycles. The molecule has 0 saturated carbocycles. The van der Waals surface area contributed by atoms with Crippen molar-refractivity contribution in [2.75, 3.05) is 13.1 Å². The third-order valence-corrected chi connectivity index (χ3v) is 2.52. The van der Waals surface area contributed by atoms with Gasteiger partial charge in [-0.15, -0.1) is 0 Å². The quantitative estimate of drug-likeness (QED) is 0.659. The van der Waals surface area contributed by atoms with Gasteiger partial charge < -0.3 is 14.7 Å². The Morgan fingerprint density at radius 2 is 2.12 bits per heavy atom. The van der Waals surface area contributed by atoms with E-state index >= 15 is 0 Å². The molecule has 1 aliphatic rings. The number of hydrogen-bond donors (Lipinski definition) is 1. The highest BCUT2D eigenvalue weighted by molar-refractivity contribution is 7.78. The van der Waals surface area contributed by atoms with Crippen molar-refractivity contribution in [1.82, 2.24) is 4.90 Å². The van der Waals surface area contributed by atoms with E-state index in [-0.39, 0.29) is 6.10 Å². The normalized spacial score (nSPS) is 14.7. The van der Waals surface area contributed by atoms with Crippen LogP contribution in [0.5, 0.6) is 5.75 Å². The number of ether oxygens (including phenoxy) is 1. The lowest BCUT2D eigenvalue weighted by molar-refractivity contribution is 0.0252. The lowest BCUT2D eigenvalue weighted by Gasteiger charge is -2.36. The standard InChI is InChI=1S/C11H10N2O3S/c14-11(15)13-5-10(6-13)16-9-3-1-8(2-4-9)12-7-17/h1-4,10H,5-6H2,(H,14,15). The summed E-state index contributed by atoms with van der Waals surface area (Å²) >= 11 is 4.49. The topological polar surface area (TPSA) is 62.1 Å². The van der Waals surface area contributed by atoms with E-state index in [0.29, 0.717) is 24.5 Å². The number of carboxylic acid groups (broad SMARTS) is 1. The van der Waals surface area contributed by atoms with E-state index in [0.717, 1.165) is 0 Å². The Morgan fingerprint density at radius 3 is 2.65 bits per heavy atom. The third-order valence-electron chi connectivity index (χ3n) is 2.43. The fraction of sp³-hybridized carbons (Fsp3) is 0.273. The van der Waals surface area contributed by atoms with Gasteiger partial charge in [-0.3, -0.25) is 0 Å². The molecule has 0 bridgehead atoms. The molecule has 0 aliphatic carbocycles. The molecule has 2 rings (SSSR count). The molecule has 0 unspecified atom stereocenters. The Balaban J connectivity index is 1.88. The van der Waals surface area contributed by atoms with Crippen LogP contribution in [0, 0.1) is 0 Å². The second-order valence-electron chi connectivity index (χ2n) is 3.62. The van der Waals surface area contributed by atoms with Crippen LogP contribution >= 0.6 is 12.2 Å². The first-order chi connectivity index (χ1) is 8.19. The maximum atomic E-state index is 10.5. The smallest absolute Gasteiger partial charge is 0.407 e.